The van der Waals surface area contributed by atoms with Crippen LogP contribution in [0.2, 0.25) is 0 Å². The summed E-state index contributed by atoms with van der Waals surface area (Å²) in [6.07, 6.45) is 0.797. The minimum Gasteiger partial charge on any atom is -0.210 e. The van der Waals surface area contributed by atoms with E-state index in [9.17, 15) is 4.39 Å². The van der Waals surface area contributed by atoms with Crippen LogP contribution in [0.5, 0.6) is 0 Å². The molecule has 0 N–H and O–H groups in total. The normalized spacial score (nSPS) is 9.67. The quantitative estimate of drug-likeness (QED) is 0.506. The van der Waals surface area contributed by atoms with Crippen molar-refractivity contribution in [2.75, 3.05) is 0 Å². The molecule has 0 spiro atoms. The third-order valence-corrected chi connectivity index (χ3v) is 1.95. The van der Waals surface area contributed by atoms with E-state index in [-0.39, 0.29) is 0 Å². The minimum absolute atomic E-state index is 0.659. The number of rotatable bonds is 0. The topological polar surface area (TPSA) is 25.8 Å². The molecule has 0 aliphatic rings. The average molecular weight is 238 g/mol. The van der Waals surface area contributed by atoms with Gasteiger partial charge in [0.2, 0.25) is 0 Å². The van der Waals surface area contributed by atoms with Gasteiger partial charge in [-0.3, -0.25) is 0 Å². The molecule has 0 amide bonds. The van der Waals surface area contributed by atoms with Gasteiger partial charge in [0, 0.05) is 6.20 Å². The van der Waals surface area contributed by atoms with Crippen molar-refractivity contribution in [2.24, 2.45) is 0 Å². The molecule has 1 aromatic rings. The maximum atomic E-state index is 12.1. The molecule has 1 heterocycles. The van der Waals surface area contributed by atoms with Gasteiger partial charge in [-0.25, -0.2) is 9.97 Å². The largest absolute Gasteiger partial charge is 0.308 e. The van der Waals surface area contributed by atoms with E-state index in [1.807, 2.05) is 22.6 Å². The number of halogens is 2. The first-order valence-corrected chi connectivity index (χ1v) is 3.42. The van der Waals surface area contributed by atoms with Crippen molar-refractivity contribution < 1.29 is 4.39 Å². The molecular formula is C5H4FIN2. The second-order valence-electron chi connectivity index (χ2n) is 1.57. The molecule has 0 fully saturated rings. The van der Waals surface area contributed by atoms with Gasteiger partial charge < -0.3 is 0 Å². The first kappa shape index (κ1) is 6.85. The Morgan fingerprint density at radius 1 is 1.67 bits per heavy atom. The van der Waals surface area contributed by atoms with Gasteiger partial charge in [0.25, 0.3) is 0 Å². The van der Waals surface area contributed by atoms with Crippen LogP contribution in [0.3, 0.4) is 0 Å². The molecule has 1 rings (SSSR count). The summed E-state index contributed by atoms with van der Waals surface area (Å²) in [7, 11) is 0. The van der Waals surface area contributed by atoms with Gasteiger partial charge in [-0.15, -0.1) is 0 Å². The lowest BCUT2D eigenvalue weighted by molar-refractivity contribution is 0.533. The maximum Gasteiger partial charge on any atom is 0.308 e. The summed E-state index contributed by atoms with van der Waals surface area (Å²) in [6, 6.07) is 0. The molecular weight excluding hydrogens is 234 g/mol. The van der Waals surface area contributed by atoms with Crippen LogP contribution in [0.1, 0.15) is 5.69 Å². The molecule has 0 saturated carbocycles. The predicted molar refractivity (Wildman–Crippen MR) is 39.4 cm³/mol. The number of aromatic nitrogens is 2. The van der Waals surface area contributed by atoms with Crippen molar-refractivity contribution in [1.82, 2.24) is 9.97 Å². The van der Waals surface area contributed by atoms with Crippen LogP contribution in [-0.2, 0) is 0 Å². The molecule has 4 heteroatoms. The summed E-state index contributed by atoms with van der Waals surface area (Å²) < 4.78 is 13.0. The van der Waals surface area contributed by atoms with Gasteiger partial charge in [-0.05, 0) is 29.5 Å². The Bertz CT molecular complexity index is 226. The molecule has 0 unspecified atom stereocenters. The fraction of sp³-hybridized carbons (Fsp3) is 0.200. The van der Waals surface area contributed by atoms with Crippen molar-refractivity contribution in [3.05, 3.63) is 21.5 Å². The fourth-order valence-electron chi connectivity index (χ4n) is 0.424. The van der Waals surface area contributed by atoms with Gasteiger partial charge in [0.05, 0.1) is 9.26 Å². The molecule has 48 valence electrons. The van der Waals surface area contributed by atoms with E-state index in [0.29, 0.717) is 5.69 Å². The van der Waals surface area contributed by atoms with Crippen LogP contribution in [0, 0.1) is 16.6 Å². The molecule has 2 nitrogen and oxygen atoms in total. The van der Waals surface area contributed by atoms with Crippen LogP contribution >= 0.6 is 22.6 Å². The van der Waals surface area contributed by atoms with Crippen molar-refractivity contribution >= 4 is 22.6 Å². The third-order valence-electron chi connectivity index (χ3n) is 0.890. The minimum atomic E-state index is -0.659. The Morgan fingerprint density at radius 2 is 2.33 bits per heavy atom. The zero-order chi connectivity index (χ0) is 6.85. The highest BCUT2D eigenvalue weighted by molar-refractivity contribution is 14.1. The van der Waals surface area contributed by atoms with E-state index >= 15 is 0 Å². The zero-order valence-electron chi connectivity index (χ0n) is 4.73. The Labute approximate surface area is 65.7 Å². The highest BCUT2D eigenvalue weighted by atomic mass is 127. The number of aryl methyl sites for hydroxylation is 1. The van der Waals surface area contributed by atoms with Crippen LogP contribution in [0.25, 0.3) is 0 Å². The number of hydrogen-bond donors (Lipinski definition) is 0. The Morgan fingerprint density at radius 3 is 2.78 bits per heavy atom. The lowest BCUT2D eigenvalue weighted by Crippen LogP contribution is -1.93. The predicted octanol–water partition coefficient (Wildman–Crippen LogP) is 1.53. The van der Waals surface area contributed by atoms with Gasteiger partial charge >= 0.3 is 6.08 Å². The van der Waals surface area contributed by atoms with Gasteiger partial charge in [0.15, 0.2) is 0 Å². The first-order valence-electron chi connectivity index (χ1n) is 2.35. The first-order chi connectivity index (χ1) is 4.20. The number of hydrogen-bond acceptors (Lipinski definition) is 2. The van der Waals surface area contributed by atoms with Crippen molar-refractivity contribution in [3.8, 4) is 0 Å². The molecule has 0 atom stereocenters. The van der Waals surface area contributed by atoms with Gasteiger partial charge in [-0.1, -0.05) is 0 Å². The highest BCUT2D eigenvalue weighted by Crippen LogP contribution is 2.05. The Hall–Kier alpha value is -0.260. The molecule has 9 heavy (non-hydrogen) atoms. The molecule has 0 bridgehead atoms. The lowest BCUT2D eigenvalue weighted by Gasteiger charge is -1.92. The standard InChI is InChI=1S/C5H4FIN2/c1-3-4(7)2-8-5(6)9-3/h2H,1H3. The Balaban J connectivity index is 3.17. The van der Waals surface area contributed by atoms with E-state index in [4.69, 9.17) is 0 Å². The average Bonchev–Trinajstić information content (AvgIpc) is 1.80. The smallest absolute Gasteiger partial charge is 0.210 e. The fourth-order valence-corrected chi connectivity index (χ4v) is 0.684. The van der Waals surface area contributed by atoms with Crippen LogP contribution < -0.4 is 0 Å². The number of nitrogens with zero attached hydrogens (tertiary/aromatic N) is 2. The van der Waals surface area contributed by atoms with Crippen molar-refractivity contribution in [3.63, 3.8) is 0 Å². The monoisotopic (exact) mass is 238 g/mol. The van der Waals surface area contributed by atoms with Gasteiger partial charge in [0.1, 0.15) is 0 Å². The lowest BCUT2D eigenvalue weighted by atomic mass is 10.5. The molecule has 0 aliphatic carbocycles. The second-order valence-corrected chi connectivity index (χ2v) is 2.73. The van der Waals surface area contributed by atoms with E-state index in [2.05, 4.69) is 9.97 Å². The summed E-state index contributed by atoms with van der Waals surface area (Å²) in [5.41, 5.74) is 0.683. The molecule has 1 aromatic heterocycles. The third kappa shape index (κ3) is 1.57. The Kier molecular flexibility index (Phi) is 1.94. The molecule has 0 saturated heterocycles. The maximum absolute atomic E-state index is 12.1. The highest BCUT2D eigenvalue weighted by Gasteiger charge is 1.96. The summed E-state index contributed by atoms with van der Waals surface area (Å²) in [5, 5.41) is 0. The van der Waals surface area contributed by atoms with E-state index in [1.165, 1.54) is 6.20 Å². The summed E-state index contributed by atoms with van der Waals surface area (Å²) in [6.45, 7) is 1.74. The van der Waals surface area contributed by atoms with Crippen LogP contribution in [0.15, 0.2) is 6.20 Å². The van der Waals surface area contributed by atoms with E-state index < -0.39 is 6.08 Å². The van der Waals surface area contributed by atoms with E-state index in [1.54, 1.807) is 6.92 Å². The van der Waals surface area contributed by atoms with Crippen molar-refractivity contribution in [1.29, 1.82) is 0 Å². The zero-order valence-corrected chi connectivity index (χ0v) is 6.89. The molecule has 0 radical (unpaired) electrons. The second kappa shape index (κ2) is 2.55. The van der Waals surface area contributed by atoms with Crippen LogP contribution in [0.4, 0.5) is 4.39 Å². The SMILES string of the molecule is Cc1nc(F)ncc1I. The molecule has 0 aromatic carbocycles. The van der Waals surface area contributed by atoms with Crippen molar-refractivity contribution in [2.45, 2.75) is 6.92 Å². The van der Waals surface area contributed by atoms with E-state index in [0.717, 1.165) is 3.57 Å². The van der Waals surface area contributed by atoms with Gasteiger partial charge in [-0.2, -0.15) is 4.39 Å². The summed E-state index contributed by atoms with van der Waals surface area (Å²) >= 11 is 2.05. The summed E-state index contributed by atoms with van der Waals surface area (Å²) in [5.74, 6) is 0. The van der Waals surface area contributed by atoms with Crippen LogP contribution in [-0.4, -0.2) is 9.97 Å². The molecule has 0 aliphatic heterocycles. The summed E-state index contributed by atoms with van der Waals surface area (Å²) in [4.78, 5) is 6.84.